The lowest BCUT2D eigenvalue weighted by molar-refractivity contribution is -0.116. The van der Waals surface area contributed by atoms with Gasteiger partial charge in [-0.05, 0) is 42.5 Å². The summed E-state index contributed by atoms with van der Waals surface area (Å²) in [6, 6.07) is 10.0. The van der Waals surface area contributed by atoms with E-state index in [2.05, 4.69) is 10.1 Å². The molecule has 0 unspecified atom stereocenters. The molecule has 2 aromatic rings. The lowest BCUT2D eigenvalue weighted by Gasteiger charge is -2.17. The van der Waals surface area contributed by atoms with Crippen LogP contribution in [0.15, 0.2) is 42.5 Å². The Morgan fingerprint density at radius 2 is 1.75 bits per heavy atom. The fourth-order valence-electron chi connectivity index (χ4n) is 2.67. The number of nitrogens with one attached hydrogen (secondary N) is 1. The standard InChI is InChI=1S/C18H15ClN2O6S/c1-27-18(24)11-2-5-13(6-3-11)20-17(23)12-4-7-14(19)15(10-12)21-16(22)8-9-28(21,25)26/h2-7,10H,8-9H2,1H3,(H,20,23). The number of esters is 1. The van der Waals surface area contributed by atoms with Gasteiger partial charge in [0.25, 0.3) is 5.91 Å². The third kappa shape index (κ3) is 3.85. The van der Waals surface area contributed by atoms with Crippen LogP contribution in [0, 0.1) is 0 Å². The highest BCUT2D eigenvalue weighted by molar-refractivity contribution is 7.94. The highest BCUT2D eigenvalue weighted by Crippen LogP contribution is 2.33. The average molecular weight is 423 g/mol. The zero-order valence-electron chi connectivity index (χ0n) is 14.6. The fourth-order valence-corrected chi connectivity index (χ4v) is 4.39. The summed E-state index contributed by atoms with van der Waals surface area (Å²) in [5.41, 5.74) is 0.801. The van der Waals surface area contributed by atoms with E-state index >= 15 is 0 Å². The van der Waals surface area contributed by atoms with E-state index in [1.54, 1.807) is 0 Å². The minimum absolute atomic E-state index is 0.0396. The Hall–Kier alpha value is -2.91. The summed E-state index contributed by atoms with van der Waals surface area (Å²) in [7, 11) is -2.54. The predicted molar refractivity (Wildman–Crippen MR) is 103 cm³/mol. The molecular weight excluding hydrogens is 408 g/mol. The van der Waals surface area contributed by atoms with Gasteiger partial charge in [-0.15, -0.1) is 0 Å². The van der Waals surface area contributed by atoms with Crippen LogP contribution in [0.5, 0.6) is 0 Å². The van der Waals surface area contributed by atoms with E-state index in [1.165, 1.54) is 49.6 Å². The van der Waals surface area contributed by atoms with Crippen molar-refractivity contribution in [3.63, 3.8) is 0 Å². The number of ether oxygens (including phenoxy) is 1. The first-order valence-electron chi connectivity index (χ1n) is 8.08. The van der Waals surface area contributed by atoms with Crippen molar-refractivity contribution in [3.8, 4) is 0 Å². The number of hydrogen-bond acceptors (Lipinski definition) is 6. The Morgan fingerprint density at radius 3 is 2.32 bits per heavy atom. The molecule has 0 aromatic heterocycles. The molecule has 1 fully saturated rings. The summed E-state index contributed by atoms with van der Waals surface area (Å²) >= 11 is 6.06. The van der Waals surface area contributed by atoms with Crippen molar-refractivity contribution in [2.75, 3.05) is 22.5 Å². The molecule has 1 aliphatic rings. The zero-order valence-corrected chi connectivity index (χ0v) is 16.2. The third-order valence-corrected chi connectivity index (χ3v) is 6.07. The first-order chi connectivity index (χ1) is 13.2. The molecule has 0 atom stereocenters. The number of methoxy groups -OCH3 is 1. The lowest BCUT2D eigenvalue weighted by atomic mass is 10.1. The molecule has 2 aromatic carbocycles. The first kappa shape index (κ1) is 19.8. The van der Waals surface area contributed by atoms with Crippen LogP contribution in [-0.2, 0) is 19.6 Å². The predicted octanol–water partition coefficient (Wildman–Crippen LogP) is 2.45. The van der Waals surface area contributed by atoms with Crippen LogP contribution >= 0.6 is 11.6 Å². The Morgan fingerprint density at radius 1 is 1.11 bits per heavy atom. The summed E-state index contributed by atoms with van der Waals surface area (Å²) < 4.78 is 29.5. The molecule has 1 N–H and O–H groups in total. The second-order valence-corrected chi connectivity index (χ2v) is 8.26. The number of rotatable bonds is 4. The molecule has 28 heavy (non-hydrogen) atoms. The van der Waals surface area contributed by atoms with Crippen LogP contribution in [-0.4, -0.2) is 39.1 Å². The molecule has 0 spiro atoms. The van der Waals surface area contributed by atoms with Gasteiger partial charge in [0, 0.05) is 17.7 Å². The van der Waals surface area contributed by atoms with Crippen LogP contribution < -0.4 is 9.62 Å². The Balaban J connectivity index is 1.85. The average Bonchev–Trinajstić information content (AvgIpc) is 2.94. The number of carbonyl (C=O) groups excluding carboxylic acids is 3. The molecule has 1 heterocycles. The smallest absolute Gasteiger partial charge is 0.337 e. The monoisotopic (exact) mass is 422 g/mol. The minimum atomic E-state index is -3.80. The largest absolute Gasteiger partial charge is 0.465 e. The van der Waals surface area contributed by atoms with Gasteiger partial charge in [0.15, 0.2) is 0 Å². The molecule has 0 radical (unpaired) electrons. The lowest BCUT2D eigenvalue weighted by Crippen LogP contribution is -2.29. The van der Waals surface area contributed by atoms with E-state index < -0.39 is 27.8 Å². The molecule has 1 saturated heterocycles. The van der Waals surface area contributed by atoms with E-state index in [9.17, 15) is 22.8 Å². The maximum absolute atomic E-state index is 12.5. The van der Waals surface area contributed by atoms with Crippen LogP contribution in [0.25, 0.3) is 0 Å². The molecular formula is C18H15ClN2O6S. The van der Waals surface area contributed by atoms with Crippen molar-refractivity contribution in [1.82, 2.24) is 0 Å². The number of amides is 2. The quantitative estimate of drug-likeness (QED) is 0.758. The normalized spacial score (nSPS) is 15.4. The molecule has 0 aliphatic carbocycles. The number of benzene rings is 2. The second kappa shape index (κ2) is 7.61. The summed E-state index contributed by atoms with van der Waals surface area (Å²) in [5.74, 6) is -1.94. The van der Waals surface area contributed by atoms with Gasteiger partial charge < -0.3 is 10.1 Å². The second-order valence-electron chi connectivity index (χ2n) is 5.91. The molecule has 1 aliphatic heterocycles. The Bertz CT molecular complexity index is 1070. The molecule has 8 nitrogen and oxygen atoms in total. The van der Waals surface area contributed by atoms with Crippen LogP contribution in [0.1, 0.15) is 27.1 Å². The third-order valence-electron chi connectivity index (χ3n) is 4.07. The number of hydrogen-bond donors (Lipinski definition) is 1. The van der Waals surface area contributed by atoms with Gasteiger partial charge in [-0.25, -0.2) is 17.5 Å². The van der Waals surface area contributed by atoms with E-state index in [-0.39, 0.29) is 28.4 Å². The molecule has 3 rings (SSSR count). The summed E-state index contributed by atoms with van der Waals surface area (Å²) in [6.07, 6.45) is -0.137. The summed E-state index contributed by atoms with van der Waals surface area (Å²) in [6.45, 7) is 0. The highest BCUT2D eigenvalue weighted by Gasteiger charge is 2.37. The van der Waals surface area contributed by atoms with Gasteiger partial charge >= 0.3 is 5.97 Å². The Labute approximate surface area is 166 Å². The summed E-state index contributed by atoms with van der Waals surface area (Å²) in [4.78, 5) is 35.9. The highest BCUT2D eigenvalue weighted by atomic mass is 35.5. The number of sulfonamides is 1. The molecule has 10 heteroatoms. The SMILES string of the molecule is COC(=O)c1ccc(NC(=O)c2ccc(Cl)c(N3C(=O)CCS3(=O)=O)c2)cc1. The maximum atomic E-state index is 12.5. The number of carbonyl (C=O) groups is 3. The topological polar surface area (TPSA) is 110 Å². The van der Waals surface area contributed by atoms with Crippen molar-refractivity contribution >= 4 is 50.8 Å². The van der Waals surface area contributed by atoms with Gasteiger partial charge in [-0.1, -0.05) is 11.6 Å². The van der Waals surface area contributed by atoms with Crippen molar-refractivity contribution in [2.24, 2.45) is 0 Å². The maximum Gasteiger partial charge on any atom is 0.337 e. The van der Waals surface area contributed by atoms with Gasteiger partial charge in [0.05, 0.1) is 29.1 Å². The molecule has 0 bridgehead atoms. The molecule has 0 saturated carbocycles. The van der Waals surface area contributed by atoms with Gasteiger partial charge in [0.2, 0.25) is 15.9 Å². The fraction of sp³-hybridized carbons (Fsp3) is 0.167. The van der Waals surface area contributed by atoms with Crippen molar-refractivity contribution in [2.45, 2.75) is 6.42 Å². The van der Waals surface area contributed by atoms with Crippen molar-refractivity contribution in [1.29, 1.82) is 0 Å². The zero-order chi connectivity index (χ0) is 20.5. The summed E-state index contributed by atoms with van der Waals surface area (Å²) in [5, 5.41) is 2.66. The molecule has 2 amide bonds. The van der Waals surface area contributed by atoms with E-state index in [0.29, 0.717) is 15.6 Å². The molecule has 146 valence electrons. The van der Waals surface area contributed by atoms with Crippen LogP contribution in [0.3, 0.4) is 0 Å². The van der Waals surface area contributed by atoms with Crippen molar-refractivity contribution < 1.29 is 27.5 Å². The van der Waals surface area contributed by atoms with Gasteiger partial charge in [0.1, 0.15) is 0 Å². The van der Waals surface area contributed by atoms with Gasteiger partial charge in [-0.2, -0.15) is 0 Å². The van der Waals surface area contributed by atoms with E-state index in [1.807, 2.05) is 0 Å². The minimum Gasteiger partial charge on any atom is -0.465 e. The number of halogens is 1. The van der Waals surface area contributed by atoms with Gasteiger partial charge in [-0.3, -0.25) is 9.59 Å². The Kier molecular flexibility index (Phi) is 5.39. The van der Waals surface area contributed by atoms with Crippen molar-refractivity contribution in [3.05, 3.63) is 58.6 Å². The van der Waals surface area contributed by atoms with E-state index in [0.717, 1.165) is 0 Å². The number of anilines is 2. The van der Waals surface area contributed by atoms with Crippen LogP contribution in [0.4, 0.5) is 11.4 Å². The van der Waals surface area contributed by atoms with Crippen LogP contribution in [0.2, 0.25) is 5.02 Å². The first-order valence-corrected chi connectivity index (χ1v) is 10.1. The number of nitrogens with zero attached hydrogens (tertiary/aromatic N) is 1. The van der Waals surface area contributed by atoms with E-state index in [4.69, 9.17) is 11.6 Å².